The van der Waals surface area contributed by atoms with Gasteiger partial charge in [0.15, 0.2) is 6.61 Å². The first-order chi connectivity index (χ1) is 14.1. The molecule has 0 radical (unpaired) electrons. The van der Waals surface area contributed by atoms with Crippen LogP contribution < -0.4 is 10.1 Å². The van der Waals surface area contributed by atoms with Crippen LogP contribution >= 0.6 is 11.6 Å². The normalized spacial score (nSPS) is 16.9. The number of nitrogens with one attached hydrogen (secondary N) is 1. The van der Waals surface area contributed by atoms with Gasteiger partial charge in [-0.3, -0.25) is 14.5 Å². The lowest BCUT2D eigenvalue weighted by Crippen LogP contribution is -2.49. The lowest BCUT2D eigenvalue weighted by Gasteiger charge is -2.34. The van der Waals surface area contributed by atoms with Crippen LogP contribution in [0, 0.1) is 0 Å². The molecule has 7 heteroatoms. The van der Waals surface area contributed by atoms with Crippen LogP contribution in [0.2, 0.25) is 5.02 Å². The molecule has 2 heterocycles. The summed E-state index contributed by atoms with van der Waals surface area (Å²) >= 11 is 5.94. The predicted octanol–water partition coefficient (Wildman–Crippen LogP) is 2.95. The summed E-state index contributed by atoms with van der Waals surface area (Å²) in [6.45, 7) is 3.97. The number of benzene rings is 2. The van der Waals surface area contributed by atoms with E-state index < -0.39 is 0 Å². The monoisotopic (exact) mass is 413 g/mol. The van der Waals surface area contributed by atoms with Crippen LogP contribution in [0.25, 0.3) is 0 Å². The summed E-state index contributed by atoms with van der Waals surface area (Å²) in [6.07, 6.45) is 1.18. The van der Waals surface area contributed by atoms with E-state index in [1.54, 1.807) is 6.07 Å². The quantitative estimate of drug-likeness (QED) is 0.818. The van der Waals surface area contributed by atoms with Crippen LogP contribution in [0.15, 0.2) is 42.5 Å². The Bertz CT molecular complexity index is 893. The van der Waals surface area contributed by atoms with Crippen molar-refractivity contribution in [1.82, 2.24) is 9.80 Å². The van der Waals surface area contributed by atoms with Crippen molar-refractivity contribution in [3.63, 3.8) is 0 Å². The number of hydrogen-bond donors (Lipinski definition) is 1. The van der Waals surface area contributed by atoms with E-state index in [0.717, 1.165) is 35.9 Å². The minimum atomic E-state index is 0.00201. The molecule has 152 valence electrons. The van der Waals surface area contributed by atoms with Crippen molar-refractivity contribution in [2.75, 3.05) is 38.1 Å². The van der Waals surface area contributed by atoms with E-state index in [2.05, 4.69) is 10.2 Å². The van der Waals surface area contributed by atoms with Gasteiger partial charge >= 0.3 is 0 Å². The second-order valence-corrected chi connectivity index (χ2v) is 7.88. The number of carbonyl (C=O) groups excluding carboxylic acids is 2. The fraction of sp³-hybridized carbons (Fsp3) is 0.364. The van der Waals surface area contributed by atoms with Gasteiger partial charge in [-0.1, -0.05) is 23.7 Å². The van der Waals surface area contributed by atoms with Gasteiger partial charge in [-0.2, -0.15) is 0 Å². The van der Waals surface area contributed by atoms with Crippen molar-refractivity contribution in [3.05, 3.63) is 58.6 Å². The summed E-state index contributed by atoms with van der Waals surface area (Å²) in [5.41, 5.74) is 3.10. The third kappa shape index (κ3) is 5.08. The molecule has 2 aliphatic heterocycles. The molecule has 0 saturated carbocycles. The van der Waals surface area contributed by atoms with Gasteiger partial charge in [0.25, 0.3) is 5.91 Å². The zero-order valence-electron chi connectivity index (χ0n) is 16.2. The average Bonchev–Trinajstić information content (AvgIpc) is 2.74. The molecule has 0 atom stereocenters. The molecule has 2 aromatic carbocycles. The van der Waals surface area contributed by atoms with Gasteiger partial charge in [0.1, 0.15) is 5.75 Å². The number of nitrogens with zero attached hydrogens (tertiary/aromatic N) is 2. The van der Waals surface area contributed by atoms with E-state index in [4.69, 9.17) is 16.3 Å². The first-order valence-corrected chi connectivity index (χ1v) is 10.2. The highest BCUT2D eigenvalue weighted by Gasteiger charge is 2.22. The zero-order valence-corrected chi connectivity index (χ0v) is 17.0. The molecule has 29 heavy (non-hydrogen) atoms. The van der Waals surface area contributed by atoms with Crippen molar-refractivity contribution in [2.45, 2.75) is 19.4 Å². The summed E-state index contributed by atoms with van der Waals surface area (Å²) < 4.78 is 5.72. The highest BCUT2D eigenvalue weighted by Crippen LogP contribution is 2.26. The fourth-order valence-electron chi connectivity index (χ4n) is 3.69. The van der Waals surface area contributed by atoms with Crippen LogP contribution in [0.4, 0.5) is 5.69 Å². The van der Waals surface area contributed by atoms with Gasteiger partial charge in [-0.05, 0) is 47.9 Å². The molecule has 0 aliphatic carbocycles. The standard InChI is InChI=1S/C22H24ClN3O3/c23-18-4-1-16(2-5-18)14-25-9-11-26(12-10-25)22(28)15-29-19-6-7-20-17(13-19)3-8-21(27)24-20/h1-2,4-7,13H,3,8-12,14-15H2,(H,24,27). The lowest BCUT2D eigenvalue weighted by molar-refractivity contribution is -0.135. The molecule has 0 aromatic heterocycles. The largest absolute Gasteiger partial charge is 0.484 e. The third-order valence-electron chi connectivity index (χ3n) is 5.38. The first-order valence-electron chi connectivity index (χ1n) is 9.87. The van der Waals surface area contributed by atoms with Gasteiger partial charge < -0.3 is 15.0 Å². The van der Waals surface area contributed by atoms with Gasteiger partial charge in [0.2, 0.25) is 5.91 Å². The van der Waals surface area contributed by atoms with E-state index >= 15 is 0 Å². The van der Waals surface area contributed by atoms with Crippen LogP contribution in [0.3, 0.4) is 0 Å². The zero-order chi connectivity index (χ0) is 20.2. The van der Waals surface area contributed by atoms with Crippen molar-refractivity contribution in [1.29, 1.82) is 0 Å². The maximum Gasteiger partial charge on any atom is 0.260 e. The highest BCUT2D eigenvalue weighted by molar-refractivity contribution is 6.30. The van der Waals surface area contributed by atoms with E-state index in [1.165, 1.54) is 5.56 Å². The number of hydrogen-bond acceptors (Lipinski definition) is 4. The van der Waals surface area contributed by atoms with Crippen molar-refractivity contribution < 1.29 is 14.3 Å². The van der Waals surface area contributed by atoms with Gasteiger partial charge in [0.05, 0.1) is 0 Å². The van der Waals surface area contributed by atoms with E-state index in [9.17, 15) is 9.59 Å². The summed E-state index contributed by atoms with van der Waals surface area (Å²) in [7, 11) is 0. The van der Waals surface area contributed by atoms with E-state index in [0.29, 0.717) is 31.7 Å². The number of carbonyl (C=O) groups is 2. The Morgan fingerprint density at radius 2 is 1.79 bits per heavy atom. The Hall–Kier alpha value is -2.57. The predicted molar refractivity (Wildman–Crippen MR) is 112 cm³/mol. The van der Waals surface area contributed by atoms with Crippen LogP contribution in [0.5, 0.6) is 5.75 Å². The molecule has 0 bridgehead atoms. The smallest absolute Gasteiger partial charge is 0.260 e. The van der Waals surface area contributed by atoms with Gasteiger partial charge in [-0.25, -0.2) is 0 Å². The molecule has 2 aromatic rings. The van der Waals surface area contributed by atoms with Crippen LogP contribution in [-0.2, 0) is 22.6 Å². The van der Waals surface area contributed by atoms with Crippen LogP contribution in [0.1, 0.15) is 17.5 Å². The van der Waals surface area contributed by atoms with Crippen LogP contribution in [-0.4, -0.2) is 54.4 Å². The second kappa shape index (κ2) is 8.84. The molecule has 4 rings (SSSR count). The lowest BCUT2D eigenvalue weighted by atomic mass is 10.0. The van der Waals surface area contributed by atoms with E-state index in [-0.39, 0.29) is 18.4 Å². The maximum atomic E-state index is 12.5. The Kier molecular flexibility index (Phi) is 6.02. The molecule has 6 nitrogen and oxygen atoms in total. The molecule has 2 amide bonds. The second-order valence-electron chi connectivity index (χ2n) is 7.44. The summed E-state index contributed by atoms with van der Waals surface area (Å²) in [5.74, 6) is 0.702. The Morgan fingerprint density at radius 1 is 1.03 bits per heavy atom. The van der Waals surface area contributed by atoms with E-state index in [1.807, 2.05) is 41.3 Å². The number of piperazine rings is 1. The van der Waals surface area contributed by atoms with Crippen molar-refractivity contribution >= 4 is 29.1 Å². The number of fused-ring (bicyclic) bond motifs is 1. The molecule has 1 fully saturated rings. The van der Waals surface area contributed by atoms with Gasteiger partial charge in [-0.15, -0.1) is 0 Å². The Labute approximate surface area is 175 Å². The molecule has 0 spiro atoms. The number of amides is 2. The SMILES string of the molecule is O=C1CCc2cc(OCC(=O)N3CCN(Cc4ccc(Cl)cc4)CC3)ccc2N1. The molecule has 2 aliphatic rings. The maximum absolute atomic E-state index is 12.5. The minimum Gasteiger partial charge on any atom is -0.484 e. The first kappa shape index (κ1) is 19.7. The number of anilines is 1. The minimum absolute atomic E-state index is 0.00201. The average molecular weight is 414 g/mol. The van der Waals surface area contributed by atoms with Gasteiger partial charge in [0, 0.05) is 49.9 Å². The fourth-order valence-corrected chi connectivity index (χ4v) is 3.82. The summed E-state index contributed by atoms with van der Waals surface area (Å²) in [4.78, 5) is 28.2. The molecular weight excluding hydrogens is 390 g/mol. The summed E-state index contributed by atoms with van der Waals surface area (Å²) in [6, 6.07) is 13.4. The number of aryl methyl sites for hydroxylation is 1. The third-order valence-corrected chi connectivity index (χ3v) is 5.63. The molecule has 1 N–H and O–H groups in total. The number of halogens is 1. The highest BCUT2D eigenvalue weighted by atomic mass is 35.5. The number of rotatable bonds is 5. The summed E-state index contributed by atoms with van der Waals surface area (Å²) in [5, 5.41) is 3.59. The molecule has 1 saturated heterocycles. The topological polar surface area (TPSA) is 61.9 Å². The Morgan fingerprint density at radius 3 is 2.55 bits per heavy atom. The Balaban J connectivity index is 1.24. The van der Waals surface area contributed by atoms with Crippen molar-refractivity contribution in [2.24, 2.45) is 0 Å². The number of ether oxygens (including phenoxy) is 1. The molecule has 0 unspecified atom stereocenters. The molecular formula is C22H24ClN3O3. The van der Waals surface area contributed by atoms with Crippen molar-refractivity contribution in [3.8, 4) is 5.75 Å².